The van der Waals surface area contributed by atoms with E-state index in [1.165, 1.54) is 0 Å². The Hall–Kier alpha value is -6.30. The Morgan fingerprint density at radius 1 is 0.442 bits per heavy atom. The van der Waals surface area contributed by atoms with E-state index >= 15 is 0 Å². The van der Waals surface area contributed by atoms with E-state index < -0.39 is 0 Å². The van der Waals surface area contributed by atoms with Crippen LogP contribution in [0, 0.1) is 22.7 Å². The second-order valence-electron chi connectivity index (χ2n) is 10.7. The Balaban J connectivity index is 1.39. The molecule has 5 heteroatoms. The summed E-state index contributed by atoms with van der Waals surface area (Å²) in [7, 11) is 0. The van der Waals surface area contributed by atoms with Crippen LogP contribution in [0.2, 0.25) is 0 Å². The molecule has 0 aliphatic rings. The van der Waals surface area contributed by atoms with Crippen molar-refractivity contribution >= 4 is 65.6 Å². The van der Waals surface area contributed by atoms with Crippen LogP contribution in [0.1, 0.15) is 11.1 Å². The monoisotopic (exact) mass is 548 g/mol. The summed E-state index contributed by atoms with van der Waals surface area (Å²) in [6, 6.07) is 45.5. The molecule has 0 unspecified atom stereocenters. The third kappa shape index (κ3) is 3.03. The Bertz CT molecular complexity index is 2650. The van der Waals surface area contributed by atoms with E-state index in [4.69, 9.17) is 4.42 Å². The van der Waals surface area contributed by atoms with Gasteiger partial charge in [0, 0.05) is 26.9 Å². The van der Waals surface area contributed by atoms with Crippen molar-refractivity contribution in [1.82, 2.24) is 9.13 Å². The molecule has 0 saturated carbocycles. The first-order valence-corrected chi connectivity index (χ1v) is 14.1. The lowest BCUT2D eigenvalue weighted by Gasteiger charge is -2.15. The Morgan fingerprint density at radius 2 is 0.930 bits per heavy atom. The van der Waals surface area contributed by atoms with Gasteiger partial charge in [0.1, 0.15) is 23.3 Å². The Morgan fingerprint density at radius 3 is 1.53 bits per heavy atom. The van der Waals surface area contributed by atoms with Crippen molar-refractivity contribution < 1.29 is 4.42 Å². The highest BCUT2D eigenvalue weighted by Gasteiger charge is 2.23. The number of rotatable bonds is 2. The molecule has 198 valence electrons. The Labute approximate surface area is 245 Å². The van der Waals surface area contributed by atoms with Crippen LogP contribution >= 0.6 is 0 Å². The minimum atomic E-state index is 0.328. The second-order valence-corrected chi connectivity index (χ2v) is 10.7. The summed E-state index contributed by atoms with van der Waals surface area (Å²) in [6.45, 7) is 0. The van der Waals surface area contributed by atoms with E-state index in [9.17, 15) is 10.5 Å². The Kier molecular flexibility index (Phi) is 4.68. The van der Waals surface area contributed by atoms with E-state index in [1.807, 2.05) is 66.7 Å². The third-order valence-corrected chi connectivity index (χ3v) is 8.63. The minimum Gasteiger partial charge on any atom is -0.455 e. The fraction of sp³-hybridized carbons (Fsp3) is 0. The summed E-state index contributed by atoms with van der Waals surface area (Å²) in [4.78, 5) is 0. The summed E-state index contributed by atoms with van der Waals surface area (Å²) in [5.41, 5.74) is 7.48. The average molecular weight is 549 g/mol. The van der Waals surface area contributed by atoms with Gasteiger partial charge in [0.2, 0.25) is 0 Å². The molecule has 43 heavy (non-hydrogen) atoms. The standard InChI is InChI=1S/C38H20N4O/c39-21-28-29(22-40)34(20-19-33(28)41-30-13-5-1-9-23(30)24-10-2-6-14-31(24)41)42-32-15-7-3-12-27(32)37-35(42)18-17-26-25-11-4-8-16-36(25)43-38(26)37/h1-20H. The highest BCUT2D eigenvalue weighted by atomic mass is 16.3. The van der Waals surface area contributed by atoms with Crippen molar-refractivity contribution in [3.8, 4) is 23.5 Å². The van der Waals surface area contributed by atoms with Gasteiger partial charge in [-0.25, -0.2) is 0 Å². The van der Waals surface area contributed by atoms with Crippen molar-refractivity contribution in [1.29, 1.82) is 10.5 Å². The van der Waals surface area contributed by atoms with Crippen molar-refractivity contribution in [2.75, 3.05) is 0 Å². The van der Waals surface area contributed by atoms with E-state index in [-0.39, 0.29) is 0 Å². The van der Waals surface area contributed by atoms with Crippen molar-refractivity contribution in [2.45, 2.75) is 0 Å². The van der Waals surface area contributed by atoms with E-state index in [2.05, 4.69) is 75.9 Å². The van der Waals surface area contributed by atoms with Gasteiger partial charge >= 0.3 is 0 Å². The van der Waals surface area contributed by atoms with Crippen molar-refractivity contribution in [3.05, 3.63) is 132 Å². The number of aromatic nitrogens is 2. The molecule has 6 aromatic carbocycles. The zero-order chi connectivity index (χ0) is 28.7. The third-order valence-electron chi connectivity index (χ3n) is 8.63. The topological polar surface area (TPSA) is 70.6 Å². The van der Waals surface area contributed by atoms with Crippen molar-refractivity contribution in [2.24, 2.45) is 0 Å². The zero-order valence-corrected chi connectivity index (χ0v) is 22.7. The van der Waals surface area contributed by atoms with Crippen LogP contribution in [0.25, 0.3) is 76.9 Å². The van der Waals surface area contributed by atoms with E-state index in [0.717, 1.165) is 65.6 Å². The molecule has 0 atom stereocenters. The SMILES string of the molecule is N#Cc1c(-n2c3ccccc3c3ccccc32)ccc(-n2c3ccccc3c3c4oc5ccccc5c4ccc32)c1C#N. The van der Waals surface area contributed by atoms with Crippen LogP contribution in [0.3, 0.4) is 0 Å². The van der Waals surface area contributed by atoms with Gasteiger partial charge in [0.05, 0.1) is 50.0 Å². The number of para-hydroxylation sites is 4. The minimum absolute atomic E-state index is 0.328. The predicted molar refractivity (Wildman–Crippen MR) is 172 cm³/mol. The van der Waals surface area contributed by atoms with Gasteiger partial charge in [-0.1, -0.05) is 72.8 Å². The molecule has 0 saturated heterocycles. The number of nitriles is 2. The van der Waals surface area contributed by atoms with Gasteiger partial charge in [0.25, 0.3) is 0 Å². The first-order chi connectivity index (χ1) is 21.3. The van der Waals surface area contributed by atoms with Gasteiger partial charge < -0.3 is 13.6 Å². The number of nitrogens with zero attached hydrogens (tertiary/aromatic N) is 4. The maximum absolute atomic E-state index is 10.6. The first kappa shape index (κ1) is 23.4. The molecule has 0 aliphatic heterocycles. The quantitative estimate of drug-likeness (QED) is 0.216. The van der Waals surface area contributed by atoms with Crippen LogP contribution in [0.5, 0.6) is 0 Å². The summed E-state index contributed by atoms with van der Waals surface area (Å²) in [5, 5.41) is 27.6. The summed E-state index contributed by atoms with van der Waals surface area (Å²) < 4.78 is 10.6. The normalized spacial score (nSPS) is 11.7. The molecular weight excluding hydrogens is 528 g/mol. The largest absolute Gasteiger partial charge is 0.455 e. The molecule has 9 rings (SSSR count). The lowest BCUT2D eigenvalue weighted by atomic mass is 10.0. The molecule has 3 heterocycles. The van der Waals surface area contributed by atoms with Crippen LogP contribution < -0.4 is 0 Å². The van der Waals surface area contributed by atoms with Crippen LogP contribution in [-0.2, 0) is 0 Å². The predicted octanol–water partition coefficient (Wildman–Crippen LogP) is 9.52. The molecule has 0 spiro atoms. The number of hydrogen-bond donors (Lipinski definition) is 0. The number of hydrogen-bond acceptors (Lipinski definition) is 3. The molecule has 0 N–H and O–H groups in total. The zero-order valence-electron chi connectivity index (χ0n) is 22.7. The lowest BCUT2D eigenvalue weighted by molar-refractivity contribution is 0.673. The highest BCUT2D eigenvalue weighted by molar-refractivity contribution is 6.24. The molecular formula is C38H20N4O. The van der Waals surface area contributed by atoms with Crippen LogP contribution in [-0.4, -0.2) is 9.13 Å². The molecule has 5 nitrogen and oxygen atoms in total. The number of furan rings is 1. The average Bonchev–Trinajstić information content (AvgIpc) is 3.71. The van der Waals surface area contributed by atoms with E-state index in [0.29, 0.717) is 22.5 Å². The first-order valence-electron chi connectivity index (χ1n) is 14.1. The molecule has 0 aliphatic carbocycles. The molecule has 9 aromatic rings. The van der Waals surface area contributed by atoms with Crippen LogP contribution in [0.15, 0.2) is 126 Å². The molecule has 0 radical (unpaired) electrons. The van der Waals surface area contributed by atoms with Gasteiger partial charge in [0.15, 0.2) is 0 Å². The fourth-order valence-corrected chi connectivity index (χ4v) is 6.86. The maximum atomic E-state index is 10.6. The second kappa shape index (κ2) is 8.60. The fourth-order valence-electron chi connectivity index (χ4n) is 6.86. The lowest BCUT2D eigenvalue weighted by Crippen LogP contribution is -2.05. The number of benzene rings is 6. The summed E-state index contributed by atoms with van der Waals surface area (Å²) >= 11 is 0. The van der Waals surface area contributed by atoms with Gasteiger partial charge in [-0.05, 0) is 48.5 Å². The summed E-state index contributed by atoms with van der Waals surface area (Å²) in [5.74, 6) is 0. The van der Waals surface area contributed by atoms with Gasteiger partial charge in [-0.2, -0.15) is 10.5 Å². The maximum Gasteiger partial charge on any atom is 0.145 e. The number of fused-ring (bicyclic) bond motifs is 10. The van der Waals surface area contributed by atoms with Gasteiger partial charge in [-0.15, -0.1) is 0 Å². The highest BCUT2D eigenvalue weighted by Crippen LogP contribution is 2.42. The molecule has 0 amide bonds. The summed E-state index contributed by atoms with van der Waals surface area (Å²) in [6.07, 6.45) is 0. The smallest absolute Gasteiger partial charge is 0.145 e. The molecule has 0 bridgehead atoms. The van der Waals surface area contributed by atoms with Gasteiger partial charge in [-0.3, -0.25) is 0 Å². The molecule has 0 fully saturated rings. The van der Waals surface area contributed by atoms with Crippen LogP contribution in [0.4, 0.5) is 0 Å². The van der Waals surface area contributed by atoms with E-state index in [1.54, 1.807) is 0 Å². The molecule has 3 aromatic heterocycles. The van der Waals surface area contributed by atoms with Crippen molar-refractivity contribution in [3.63, 3.8) is 0 Å².